The zero-order valence-electron chi connectivity index (χ0n) is 20.0. The number of halogens is 10. The van der Waals surface area contributed by atoms with Gasteiger partial charge in [0.15, 0.2) is 5.82 Å². The van der Waals surface area contributed by atoms with Crippen LogP contribution in [0.3, 0.4) is 0 Å². The number of anilines is 3. The summed E-state index contributed by atoms with van der Waals surface area (Å²) in [5, 5.41) is 5.94. The molecule has 0 unspecified atom stereocenters. The number of carbonyl (C=O) groups is 3. The van der Waals surface area contributed by atoms with Gasteiger partial charge in [0.2, 0.25) is 5.91 Å². The molecule has 3 rings (SSSR count). The number of rotatable bonds is 8. The van der Waals surface area contributed by atoms with Gasteiger partial charge in [-0.2, -0.15) is 13.2 Å². The second-order valence-electron chi connectivity index (χ2n) is 8.39. The molecule has 218 valence electrons. The van der Waals surface area contributed by atoms with E-state index in [0.29, 0.717) is 21.1 Å². The first-order chi connectivity index (χ1) is 19.0. The zero-order chi connectivity index (χ0) is 30.7. The van der Waals surface area contributed by atoms with Crippen LogP contribution in [0.25, 0.3) is 0 Å². The van der Waals surface area contributed by atoms with Crippen molar-refractivity contribution in [2.75, 3.05) is 16.0 Å². The Balaban J connectivity index is 1.73. The second-order valence-corrected chi connectivity index (χ2v) is 11.7. The molecule has 3 N–H and O–H groups in total. The van der Waals surface area contributed by atoms with Gasteiger partial charge in [-0.1, -0.05) is 29.3 Å². The molecule has 0 radical (unpaired) electrons. The molecule has 0 spiro atoms. The van der Waals surface area contributed by atoms with Gasteiger partial charge in [-0.05, 0) is 64.0 Å². The Morgan fingerprint density at radius 2 is 1.51 bits per heavy atom. The molecule has 0 aromatic heterocycles. The van der Waals surface area contributed by atoms with Crippen molar-refractivity contribution in [3.05, 3.63) is 85.8 Å². The van der Waals surface area contributed by atoms with Gasteiger partial charge in [0, 0.05) is 16.6 Å². The third-order valence-electron chi connectivity index (χ3n) is 5.20. The lowest BCUT2D eigenvalue weighted by molar-refractivity contribution is -0.167. The number of hydrogen-bond donors (Lipinski definition) is 3. The highest BCUT2D eigenvalue weighted by Gasteiger charge is 2.39. The summed E-state index contributed by atoms with van der Waals surface area (Å²) in [5.74, 6) is -7.51. The van der Waals surface area contributed by atoms with E-state index in [9.17, 15) is 36.3 Å². The van der Waals surface area contributed by atoms with Crippen LogP contribution in [0.1, 0.15) is 22.3 Å². The summed E-state index contributed by atoms with van der Waals surface area (Å²) in [6, 6.07) is 9.99. The molecule has 0 fully saturated rings. The topological polar surface area (TPSA) is 87.3 Å². The quantitative estimate of drug-likeness (QED) is 0.161. The van der Waals surface area contributed by atoms with Crippen LogP contribution in [0, 0.1) is 11.6 Å². The molecule has 0 aliphatic carbocycles. The van der Waals surface area contributed by atoms with Crippen LogP contribution in [0.2, 0.25) is 10.0 Å². The number of hydrogen-bond acceptors (Lipinski definition) is 3. The minimum atomic E-state index is -5.42. The molecule has 41 heavy (non-hydrogen) atoms. The fourth-order valence-corrected chi connectivity index (χ4v) is 4.66. The van der Waals surface area contributed by atoms with Crippen LogP contribution in [0.4, 0.5) is 39.0 Å². The van der Waals surface area contributed by atoms with Crippen molar-refractivity contribution in [1.82, 2.24) is 0 Å². The molecule has 16 heteroatoms. The van der Waals surface area contributed by atoms with Crippen LogP contribution in [-0.4, -0.2) is 28.2 Å². The van der Waals surface area contributed by atoms with Gasteiger partial charge < -0.3 is 16.0 Å². The molecule has 6 nitrogen and oxygen atoms in total. The molecule has 3 amide bonds. The monoisotopic (exact) mass is 719 g/mol. The minimum absolute atomic E-state index is 0.0700. The third kappa shape index (κ3) is 8.92. The van der Waals surface area contributed by atoms with Crippen LogP contribution in [0.5, 0.6) is 0 Å². The van der Waals surface area contributed by atoms with E-state index >= 15 is 0 Å². The SMILES string of the molecule is O=C(CC(Cl)(Cl)Cc1ccc(Cl)c(Br)c1)Nc1ccc(Cl)c(C(=O)Nc2ccc(F)c(NC(=O)C(F)(F)F)c2F)c1. The second kappa shape index (κ2) is 13.1. The van der Waals surface area contributed by atoms with E-state index in [2.05, 4.69) is 21.2 Å². The van der Waals surface area contributed by atoms with Gasteiger partial charge in [-0.25, -0.2) is 8.78 Å². The highest BCUT2D eigenvalue weighted by molar-refractivity contribution is 9.10. The minimum Gasteiger partial charge on any atom is -0.326 e. The van der Waals surface area contributed by atoms with Gasteiger partial charge in [0.05, 0.1) is 27.7 Å². The standard InChI is InChI=1S/C25H15BrCl4F5N3O3/c26-14-7-11(1-3-16(14)28)9-24(29,30)10-19(39)36-12-2-4-15(27)13(8-12)22(40)37-18-6-5-17(31)21(20(18)32)38-23(41)25(33,34)35/h1-8H,9-10H2,(H,36,39)(H,37,40)(H,38,41). The summed E-state index contributed by atoms with van der Waals surface area (Å²) in [4.78, 5) is 36.6. The summed E-state index contributed by atoms with van der Waals surface area (Å²) in [6.07, 6.45) is -5.70. The summed E-state index contributed by atoms with van der Waals surface area (Å²) < 4.78 is 65.3. The number of amides is 3. The largest absolute Gasteiger partial charge is 0.471 e. The molecule has 3 aromatic rings. The average molecular weight is 722 g/mol. The zero-order valence-corrected chi connectivity index (χ0v) is 24.6. The van der Waals surface area contributed by atoms with Crippen LogP contribution >= 0.6 is 62.3 Å². The van der Waals surface area contributed by atoms with Gasteiger partial charge in [-0.3, -0.25) is 14.4 Å². The summed E-state index contributed by atoms with van der Waals surface area (Å²) in [7, 11) is 0. The normalized spacial score (nSPS) is 11.7. The van der Waals surface area contributed by atoms with Crippen molar-refractivity contribution in [3.63, 3.8) is 0 Å². The Morgan fingerprint density at radius 1 is 0.854 bits per heavy atom. The van der Waals surface area contributed by atoms with E-state index in [1.165, 1.54) is 12.1 Å². The molecule has 0 bridgehead atoms. The molecule has 0 atom stereocenters. The highest BCUT2D eigenvalue weighted by Crippen LogP contribution is 2.33. The Kier molecular flexibility index (Phi) is 10.5. The molecule has 0 aliphatic rings. The fourth-order valence-electron chi connectivity index (χ4n) is 3.37. The number of carbonyl (C=O) groups excluding carboxylic acids is 3. The Morgan fingerprint density at radius 3 is 2.15 bits per heavy atom. The van der Waals surface area contributed by atoms with E-state index in [-0.39, 0.29) is 29.1 Å². The summed E-state index contributed by atoms with van der Waals surface area (Å²) in [6.45, 7) is 0. The lowest BCUT2D eigenvalue weighted by atomic mass is 10.1. The van der Waals surface area contributed by atoms with Crippen LogP contribution in [-0.2, 0) is 16.0 Å². The Hall–Kier alpha value is -2.64. The smallest absolute Gasteiger partial charge is 0.326 e. The Bertz CT molecular complexity index is 1520. The fraction of sp³-hybridized carbons (Fsp3) is 0.160. The highest BCUT2D eigenvalue weighted by atomic mass is 79.9. The predicted octanol–water partition coefficient (Wildman–Crippen LogP) is 8.53. The third-order valence-corrected chi connectivity index (χ3v) is 7.27. The maximum absolute atomic E-state index is 14.7. The lowest BCUT2D eigenvalue weighted by Crippen LogP contribution is -2.31. The van der Waals surface area contributed by atoms with Gasteiger partial charge in [0.1, 0.15) is 15.8 Å². The van der Waals surface area contributed by atoms with Crippen molar-refractivity contribution in [2.24, 2.45) is 0 Å². The lowest BCUT2D eigenvalue weighted by Gasteiger charge is -2.20. The first kappa shape index (κ1) is 32.9. The van der Waals surface area contributed by atoms with Gasteiger partial charge >= 0.3 is 12.1 Å². The summed E-state index contributed by atoms with van der Waals surface area (Å²) >= 11 is 28.0. The molecular weight excluding hydrogens is 707 g/mol. The first-order valence-corrected chi connectivity index (χ1v) is 13.4. The van der Waals surface area contributed by atoms with Crippen LogP contribution < -0.4 is 16.0 Å². The Labute approximate surface area is 257 Å². The van der Waals surface area contributed by atoms with E-state index < -0.39 is 51.2 Å². The van der Waals surface area contributed by atoms with Crippen molar-refractivity contribution < 1.29 is 36.3 Å². The van der Waals surface area contributed by atoms with E-state index in [1.54, 1.807) is 18.2 Å². The predicted molar refractivity (Wildman–Crippen MR) is 151 cm³/mol. The van der Waals surface area contributed by atoms with Gasteiger partial charge in [-0.15, -0.1) is 23.2 Å². The van der Waals surface area contributed by atoms with Crippen molar-refractivity contribution in [1.29, 1.82) is 0 Å². The molecule has 3 aromatic carbocycles. The molecule has 0 aliphatic heterocycles. The van der Waals surface area contributed by atoms with E-state index in [0.717, 1.165) is 17.4 Å². The number of nitrogens with one attached hydrogen (secondary N) is 3. The molecule has 0 saturated heterocycles. The van der Waals surface area contributed by atoms with Crippen LogP contribution in [0.15, 0.2) is 53.0 Å². The maximum atomic E-state index is 14.7. The van der Waals surface area contributed by atoms with Crippen molar-refractivity contribution in [3.8, 4) is 0 Å². The average Bonchev–Trinajstić information content (AvgIpc) is 2.85. The molecule has 0 heterocycles. The van der Waals surface area contributed by atoms with Gasteiger partial charge in [0.25, 0.3) is 5.91 Å². The molecule has 0 saturated carbocycles. The maximum Gasteiger partial charge on any atom is 0.471 e. The van der Waals surface area contributed by atoms with E-state index in [4.69, 9.17) is 46.4 Å². The first-order valence-electron chi connectivity index (χ1n) is 11.1. The number of benzene rings is 3. The van der Waals surface area contributed by atoms with Crippen molar-refractivity contribution in [2.45, 2.75) is 23.4 Å². The van der Waals surface area contributed by atoms with Crippen molar-refractivity contribution >= 4 is 97.1 Å². The number of alkyl halides is 5. The summed E-state index contributed by atoms with van der Waals surface area (Å²) in [5.41, 5.74) is -1.71. The van der Waals surface area contributed by atoms with E-state index in [1.807, 2.05) is 5.32 Å². The molecular formula is C25H15BrCl4F5N3O3.